The summed E-state index contributed by atoms with van der Waals surface area (Å²) in [5.74, 6) is -0.133. The monoisotopic (exact) mass is 565 g/mol. The van der Waals surface area contributed by atoms with E-state index in [9.17, 15) is 14.4 Å². The number of aromatic amines is 1. The minimum absolute atomic E-state index is 0.0229. The summed E-state index contributed by atoms with van der Waals surface area (Å²) >= 11 is 2.11. The molecule has 1 amide bonds. The van der Waals surface area contributed by atoms with Crippen LogP contribution in [0.15, 0.2) is 78.5 Å². The average molecular weight is 565 g/mol. The number of benzene rings is 3. The van der Waals surface area contributed by atoms with E-state index in [1.165, 1.54) is 6.07 Å². The quantitative estimate of drug-likeness (QED) is 0.162. The molecule has 0 radical (unpaired) electrons. The van der Waals surface area contributed by atoms with Gasteiger partial charge in [-0.3, -0.25) is 4.79 Å². The lowest BCUT2D eigenvalue weighted by molar-refractivity contribution is -0.117. The van der Waals surface area contributed by atoms with Gasteiger partial charge in [0.15, 0.2) is 0 Å². The number of carbonyl (C=O) groups is 1. The lowest BCUT2D eigenvalue weighted by atomic mass is 10.1. The maximum Gasteiger partial charge on any atom is 0.261 e. The Morgan fingerprint density at radius 3 is 2.71 bits per heavy atom. The van der Waals surface area contributed by atoms with Gasteiger partial charge in [0.05, 0.1) is 3.57 Å². The van der Waals surface area contributed by atoms with Gasteiger partial charge in [-0.2, -0.15) is 5.26 Å². The van der Waals surface area contributed by atoms with E-state index in [4.69, 9.17) is 4.74 Å². The number of nitrogens with zero attached hydrogens (tertiary/aromatic N) is 1. The lowest BCUT2D eigenvalue weighted by Gasteiger charge is -2.10. The Morgan fingerprint density at radius 1 is 1.12 bits per heavy atom. The highest BCUT2D eigenvalue weighted by Crippen LogP contribution is 2.25. The highest BCUT2D eigenvalue weighted by atomic mass is 127. The Morgan fingerprint density at radius 2 is 1.91 bits per heavy atom. The van der Waals surface area contributed by atoms with Gasteiger partial charge in [0.25, 0.3) is 5.91 Å². The number of fused-ring (bicyclic) bond motifs is 1. The summed E-state index contributed by atoms with van der Waals surface area (Å²) in [5, 5.41) is 13.4. The van der Waals surface area contributed by atoms with E-state index >= 15 is 0 Å². The van der Waals surface area contributed by atoms with Crippen LogP contribution in [0, 0.1) is 20.7 Å². The number of aromatic nitrogens is 1. The van der Waals surface area contributed by atoms with Gasteiger partial charge in [0, 0.05) is 29.2 Å². The van der Waals surface area contributed by atoms with Crippen molar-refractivity contribution < 1.29 is 13.9 Å². The largest absolute Gasteiger partial charge is 0.488 e. The lowest BCUT2D eigenvalue weighted by Crippen LogP contribution is -2.26. The molecule has 4 rings (SSSR count). The van der Waals surface area contributed by atoms with Gasteiger partial charge in [-0.1, -0.05) is 42.5 Å². The topological polar surface area (TPSA) is 77.9 Å². The minimum atomic E-state index is -0.419. The SMILES string of the molecule is N#C/C(=C/c1ccc(OCc2ccccc2F)c(I)c1)C(=O)NCCc1c[nH]c2ccccc12. The van der Waals surface area contributed by atoms with Crippen molar-refractivity contribution in [1.82, 2.24) is 10.3 Å². The number of ether oxygens (including phenoxy) is 1. The molecule has 34 heavy (non-hydrogen) atoms. The van der Waals surface area contributed by atoms with Crippen LogP contribution in [0.2, 0.25) is 0 Å². The number of amides is 1. The normalized spacial score (nSPS) is 11.3. The third kappa shape index (κ3) is 5.64. The van der Waals surface area contributed by atoms with Crippen LogP contribution >= 0.6 is 22.6 Å². The molecule has 0 aliphatic rings. The second kappa shape index (κ2) is 11.0. The first-order chi connectivity index (χ1) is 16.5. The number of nitriles is 1. The van der Waals surface area contributed by atoms with Crippen molar-refractivity contribution in [3.05, 3.63) is 105 Å². The number of hydrogen-bond donors (Lipinski definition) is 2. The van der Waals surface area contributed by atoms with Crippen LogP contribution in [0.4, 0.5) is 4.39 Å². The molecule has 170 valence electrons. The summed E-state index contributed by atoms with van der Waals surface area (Å²) in [5.41, 5.74) is 3.36. The molecule has 0 fully saturated rings. The van der Waals surface area contributed by atoms with Crippen LogP contribution in [-0.4, -0.2) is 17.4 Å². The zero-order valence-electron chi connectivity index (χ0n) is 18.1. The molecule has 0 bridgehead atoms. The van der Waals surface area contributed by atoms with E-state index < -0.39 is 5.91 Å². The van der Waals surface area contributed by atoms with Crippen LogP contribution in [0.1, 0.15) is 16.7 Å². The van der Waals surface area contributed by atoms with E-state index in [1.807, 2.05) is 42.6 Å². The van der Waals surface area contributed by atoms with Crippen molar-refractivity contribution in [1.29, 1.82) is 5.26 Å². The maximum absolute atomic E-state index is 13.8. The van der Waals surface area contributed by atoms with Gasteiger partial charge in [-0.05, 0) is 70.5 Å². The number of rotatable bonds is 8. The highest BCUT2D eigenvalue weighted by Gasteiger charge is 2.11. The summed E-state index contributed by atoms with van der Waals surface area (Å²) in [4.78, 5) is 15.8. The number of carbonyl (C=O) groups excluding carboxylic acids is 1. The first-order valence-corrected chi connectivity index (χ1v) is 11.7. The molecule has 1 aromatic heterocycles. The van der Waals surface area contributed by atoms with Crippen LogP contribution in [0.3, 0.4) is 0 Å². The van der Waals surface area contributed by atoms with Crippen LogP contribution in [-0.2, 0) is 17.8 Å². The van der Waals surface area contributed by atoms with Crippen molar-refractivity contribution >= 4 is 45.5 Å². The number of H-pyrrole nitrogens is 1. The summed E-state index contributed by atoms with van der Waals surface area (Å²) < 4.78 is 20.3. The van der Waals surface area contributed by atoms with Gasteiger partial charge in [-0.25, -0.2) is 4.39 Å². The Balaban J connectivity index is 1.37. The summed E-state index contributed by atoms with van der Waals surface area (Å²) in [6.45, 7) is 0.528. The second-order valence-electron chi connectivity index (χ2n) is 7.61. The molecule has 5 nitrogen and oxygen atoms in total. The molecule has 0 saturated carbocycles. The molecule has 4 aromatic rings. The fourth-order valence-electron chi connectivity index (χ4n) is 3.55. The van der Waals surface area contributed by atoms with Gasteiger partial charge in [-0.15, -0.1) is 0 Å². The summed E-state index contributed by atoms with van der Waals surface area (Å²) in [6, 6.07) is 21.8. The maximum atomic E-state index is 13.8. The van der Waals surface area contributed by atoms with Crippen molar-refractivity contribution in [2.45, 2.75) is 13.0 Å². The van der Waals surface area contributed by atoms with Gasteiger partial charge < -0.3 is 15.0 Å². The number of halogens is 2. The predicted octanol–water partition coefficient (Wildman–Crippen LogP) is 5.76. The Labute approximate surface area is 210 Å². The van der Waals surface area contributed by atoms with E-state index in [0.717, 1.165) is 20.0 Å². The Hall–Kier alpha value is -3.64. The highest BCUT2D eigenvalue weighted by molar-refractivity contribution is 14.1. The molecule has 2 N–H and O–H groups in total. The smallest absolute Gasteiger partial charge is 0.261 e. The van der Waals surface area contributed by atoms with E-state index in [0.29, 0.717) is 29.8 Å². The molecular weight excluding hydrogens is 544 g/mol. The van der Waals surface area contributed by atoms with Gasteiger partial charge in [0.1, 0.15) is 29.8 Å². The molecule has 1 heterocycles. The fraction of sp³-hybridized carbons (Fsp3) is 0.111. The van der Waals surface area contributed by atoms with Crippen molar-refractivity contribution in [3.8, 4) is 11.8 Å². The zero-order valence-corrected chi connectivity index (χ0v) is 20.3. The Kier molecular flexibility index (Phi) is 7.60. The summed E-state index contributed by atoms with van der Waals surface area (Å²) in [7, 11) is 0. The van der Waals surface area contributed by atoms with Gasteiger partial charge >= 0.3 is 0 Å². The second-order valence-corrected chi connectivity index (χ2v) is 8.77. The molecule has 0 atom stereocenters. The fourth-order valence-corrected chi connectivity index (χ4v) is 4.25. The molecule has 7 heteroatoms. The third-order valence-corrected chi connectivity index (χ3v) is 6.17. The summed E-state index contributed by atoms with van der Waals surface area (Å²) in [6.07, 6.45) is 4.14. The number of para-hydroxylation sites is 1. The van der Waals surface area contributed by atoms with E-state index in [-0.39, 0.29) is 18.0 Å². The van der Waals surface area contributed by atoms with E-state index in [2.05, 4.69) is 32.9 Å². The molecular formula is C27H21FIN3O2. The van der Waals surface area contributed by atoms with Gasteiger partial charge in [0.2, 0.25) is 0 Å². The Bertz CT molecular complexity index is 1400. The molecule has 0 unspecified atom stereocenters. The molecule has 0 saturated heterocycles. The van der Waals surface area contributed by atoms with Crippen LogP contribution in [0.5, 0.6) is 5.75 Å². The first-order valence-electron chi connectivity index (χ1n) is 10.7. The van der Waals surface area contributed by atoms with E-state index in [1.54, 1.807) is 36.4 Å². The number of nitrogens with one attached hydrogen (secondary N) is 2. The third-order valence-electron chi connectivity index (χ3n) is 5.33. The number of hydrogen-bond acceptors (Lipinski definition) is 3. The molecule has 3 aromatic carbocycles. The molecule has 0 spiro atoms. The zero-order chi connectivity index (χ0) is 23.9. The predicted molar refractivity (Wildman–Crippen MR) is 138 cm³/mol. The molecule has 0 aliphatic heterocycles. The standard InChI is InChI=1S/C27H21FIN3O2/c28-23-7-3-1-5-20(23)17-34-26-10-9-18(14-24(26)29)13-21(15-30)27(33)31-12-11-19-16-32-25-8-4-2-6-22(19)25/h1-10,13-14,16,32H,11-12,17H2,(H,31,33)/b21-13-. The van der Waals surface area contributed by atoms with Crippen LogP contribution in [0.25, 0.3) is 17.0 Å². The van der Waals surface area contributed by atoms with Crippen molar-refractivity contribution in [3.63, 3.8) is 0 Å². The van der Waals surface area contributed by atoms with Crippen molar-refractivity contribution in [2.75, 3.05) is 6.54 Å². The molecule has 0 aliphatic carbocycles. The first kappa shape index (κ1) is 23.5. The van der Waals surface area contributed by atoms with Crippen LogP contribution < -0.4 is 10.1 Å². The van der Waals surface area contributed by atoms with Crippen molar-refractivity contribution in [2.24, 2.45) is 0 Å². The average Bonchev–Trinajstić information content (AvgIpc) is 3.26. The minimum Gasteiger partial charge on any atom is -0.488 e.